The van der Waals surface area contributed by atoms with Gasteiger partial charge in [-0.2, -0.15) is 0 Å². The third-order valence-electron chi connectivity index (χ3n) is 3.26. The normalized spacial score (nSPS) is 17.3. The Kier molecular flexibility index (Phi) is 5.23. The quantitative estimate of drug-likeness (QED) is 0.867. The number of rotatable bonds is 4. The van der Waals surface area contributed by atoms with Crippen molar-refractivity contribution >= 4 is 11.6 Å². The van der Waals surface area contributed by atoms with Crippen LogP contribution >= 0.6 is 0 Å². The summed E-state index contributed by atoms with van der Waals surface area (Å²) in [5.74, 6) is -0.641. The number of anilines is 1. The minimum Gasteiger partial charge on any atom is -0.406 e. The summed E-state index contributed by atoms with van der Waals surface area (Å²) < 4.78 is 52.8. The summed E-state index contributed by atoms with van der Waals surface area (Å²) in [7, 11) is 0. The lowest BCUT2D eigenvalue weighted by Gasteiger charge is -2.27. The lowest BCUT2D eigenvalue weighted by molar-refractivity contribution is -0.274. The maximum absolute atomic E-state index is 13.0. The summed E-state index contributed by atoms with van der Waals surface area (Å²) in [6, 6.07) is 4.90. The number of hydrogen-bond acceptors (Lipinski definition) is 3. The number of nitrogens with one attached hydrogen (secondary N) is 1. The Labute approximate surface area is 125 Å². The SMILES string of the molecule is O=C(CN1CCC(F)CC1)Nc1ccc(OC(F)(F)F)cc1. The van der Waals surface area contributed by atoms with Crippen molar-refractivity contribution in [3.63, 3.8) is 0 Å². The van der Waals surface area contributed by atoms with Crippen LogP contribution in [0.1, 0.15) is 12.8 Å². The minimum absolute atomic E-state index is 0.132. The fourth-order valence-corrected chi connectivity index (χ4v) is 2.20. The van der Waals surface area contributed by atoms with Crippen LogP contribution in [0.2, 0.25) is 0 Å². The van der Waals surface area contributed by atoms with Gasteiger partial charge in [0.1, 0.15) is 11.9 Å². The molecule has 1 aromatic rings. The number of halogens is 4. The average molecular weight is 320 g/mol. The molecule has 2 rings (SSSR count). The van der Waals surface area contributed by atoms with Gasteiger partial charge in [0, 0.05) is 18.8 Å². The minimum atomic E-state index is -4.74. The molecule has 1 aliphatic rings. The van der Waals surface area contributed by atoms with Gasteiger partial charge in [0.05, 0.1) is 6.54 Å². The van der Waals surface area contributed by atoms with Crippen LogP contribution in [-0.2, 0) is 4.79 Å². The van der Waals surface area contributed by atoms with Crippen LogP contribution in [0.3, 0.4) is 0 Å². The highest BCUT2D eigenvalue weighted by Crippen LogP contribution is 2.24. The Morgan fingerprint density at radius 3 is 2.36 bits per heavy atom. The van der Waals surface area contributed by atoms with Gasteiger partial charge in [-0.3, -0.25) is 9.69 Å². The smallest absolute Gasteiger partial charge is 0.406 e. The highest BCUT2D eigenvalue weighted by atomic mass is 19.4. The number of alkyl halides is 4. The van der Waals surface area contributed by atoms with E-state index in [1.165, 1.54) is 12.1 Å². The van der Waals surface area contributed by atoms with Crippen LogP contribution in [0.25, 0.3) is 0 Å². The summed E-state index contributed by atoms with van der Waals surface area (Å²) in [4.78, 5) is 13.7. The summed E-state index contributed by atoms with van der Waals surface area (Å²) >= 11 is 0. The molecule has 1 N–H and O–H groups in total. The first-order valence-corrected chi connectivity index (χ1v) is 6.84. The molecule has 1 heterocycles. The van der Waals surface area contributed by atoms with Crippen LogP contribution in [0.4, 0.5) is 23.2 Å². The molecule has 22 heavy (non-hydrogen) atoms. The molecule has 1 amide bonds. The van der Waals surface area contributed by atoms with Gasteiger partial charge in [-0.1, -0.05) is 0 Å². The second-order valence-electron chi connectivity index (χ2n) is 5.07. The lowest BCUT2D eigenvalue weighted by atomic mass is 10.1. The van der Waals surface area contributed by atoms with E-state index in [-0.39, 0.29) is 18.2 Å². The number of likely N-dealkylation sites (tertiary alicyclic amines) is 1. The van der Waals surface area contributed by atoms with Crippen molar-refractivity contribution in [3.8, 4) is 5.75 Å². The third kappa shape index (κ3) is 5.51. The largest absolute Gasteiger partial charge is 0.573 e. The molecule has 4 nitrogen and oxygen atoms in total. The highest BCUT2D eigenvalue weighted by molar-refractivity contribution is 5.92. The van der Waals surface area contributed by atoms with E-state index in [9.17, 15) is 22.4 Å². The van der Waals surface area contributed by atoms with E-state index >= 15 is 0 Å². The Balaban J connectivity index is 1.81. The predicted octanol–water partition coefficient (Wildman–Crippen LogP) is 2.96. The third-order valence-corrected chi connectivity index (χ3v) is 3.26. The fourth-order valence-electron chi connectivity index (χ4n) is 2.20. The Hall–Kier alpha value is -1.83. The molecule has 0 spiro atoms. The lowest BCUT2D eigenvalue weighted by Crippen LogP contribution is -2.39. The number of piperidine rings is 1. The van der Waals surface area contributed by atoms with Crippen molar-refractivity contribution < 1.29 is 27.1 Å². The van der Waals surface area contributed by atoms with E-state index in [2.05, 4.69) is 10.1 Å². The molecule has 0 saturated carbocycles. The van der Waals surface area contributed by atoms with Crippen LogP contribution in [-0.4, -0.2) is 43.0 Å². The van der Waals surface area contributed by atoms with Crippen molar-refractivity contribution in [3.05, 3.63) is 24.3 Å². The van der Waals surface area contributed by atoms with Gasteiger partial charge in [0.2, 0.25) is 5.91 Å². The number of benzene rings is 1. The highest BCUT2D eigenvalue weighted by Gasteiger charge is 2.31. The summed E-state index contributed by atoms with van der Waals surface area (Å²) in [6.45, 7) is 1.17. The Bertz CT molecular complexity index is 497. The van der Waals surface area contributed by atoms with E-state index in [4.69, 9.17) is 0 Å². The standard InChI is InChI=1S/C14H16F4N2O2/c15-10-5-7-20(8-6-10)9-13(21)19-11-1-3-12(4-2-11)22-14(16,17)18/h1-4,10H,5-9H2,(H,19,21). The molecule has 1 aromatic carbocycles. The molecule has 1 saturated heterocycles. The number of amides is 1. The molecule has 1 fully saturated rings. The van der Waals surface area contributed by atoms with Gasteiger partial charge in [-0.15, -0.1) is 13.2 Å². The zero-order valence-corrected chi connectivity index (χ0v) is 11.7. The van der Waals surface area contributed by atoms with Crippen LogP contribution in [0.15, 0.2) is 24.3 Å². The fraction of sp³-hybridized carbons (Fsp3) is 0.500. The number of carbonyl (C=O) groups excluding carboxylic acids is 1. The van der Waals surface area contributed by atoms with E-state index in [0.717, 1.165) is 12.1 Å². The van der Waals surface area contributed by atoms with E-state index in [1.54, 1.807) is 0 Å². The number of ether oxygens (including phenoxy) is 1. The maximum atomic E-state index is 13.0. The van der Waals surface area contributed by atoms with Crippen LogP contribution < -0.4 is 10.1 Å². The Morgan fingerprint density at radius 2 is 1.82 bits per heavy atom. The predicted molar refractivity (Wildman–Crippen MR) is 72.3 cm³/mol. The van der Waals surface area contributed by atoms with Crippen molar-refractivity contribution in [2.75, 3.05) is 25.0 Å². The first kappa shape index (κ1) is 16.5. The van der Waals surface area contributed by atoms with Crippen molar-refractivity contribution in [2.45, 2.75) is 25.4 Å². The molecule has 0 aliphatic carbocycles. The van der Waals surface area contributed by atoms with Crippen molar-refractivity contribution in [1.29, 1.82) is 0 Å². The molecule has 8 heteroatoms. The van der Waals surface area contributed by atoms with Crippen LogP contribution in [0.5, 0.6) is 5.75 Å². The first-order valence-electron chi connectivity index (χ1n) is 6.84. The van der Waals surface area contributed by atoms with Gasteiger partial charge in [-0.25, -0.2) is 4.39 Å². The van der Waals surface area contributed by atoms with Gasteiger partial charge < -0.3 is 10.1 Å². The van der Waals surface area contributed by atoms with Gasteiger partial charge in [-0.05, 0) is 37.1 Å². The summed E-state index contributed by atoms with van der Waals surface area (Å²) in [6.07, 6.45) is -4.72. The second-order valence-corrected chi connectivity index (χ2v) is 5.07. The first-order chi connectivity index (χ1) is 10.3. The van der Waals surface area contributed by atoms with Crippen molar-refractivity contribution in [2.24, 2.45) is 0 Å². The Morgan fingerprint density at radius 1 is 1.23 bits per heavy atom. The van der Waals surface area contributed by atoms with Gasteiger partial charge in [0.15, 0.2) is 0 Å². The molecule has 0 atom stereocenters. The molecule has 0 aromatic heterocycles. The molecule has 0 radical (unpaired) electrons. The van der Waals surface area contributed by atoms with E-state index in [1.807, 2.05) is 4.90 Å². The number of carbonyl (C=O) groups is 1. The average Bonchev–Trinajstić information content (AvgIpc) is 2.42. The van der Waals surface area contributed by atoms with Gasteiger partial charge >= 0.3 is 6.36 Å². The molecule has 0 unspecified atom stereocenters. The van der Waals surface area contributed by atoms with Crippen LogP contribution in [0, 0.1) is 0 Å². The molecular weight excluding hydrogens is 304 g/mol. The zero-order valence-electron chi connectivity index (χ0n) is 11.7. The monoisotopic (exact) mass is 320 g/mol. The summed E-state index contributed by atoms with van der Waals surface area (Å²) in [5.41, 5.74) is 0.375. The topological polar surface area (TPSA) is 41.6 Å². The molecule has 1 aliphatic heterocycles. The zero-order chi connectivity index (χ0) is 16.2. The van der Waals surface area contributed by atoms with Gasteiger partial charge in [0.25, 0.3) is 0 Å². The van der Waals surface area contributed by atoms with E-state index < -0.39 is 12.5 Å². The second kappa shape index (κ2) is 6.95. The number of hydrogen-bond donors (Lipinski definition) is 1. The summed E-state index contributed by atoms with van der Waals surface area (Å²) in [5, 5.41) is 2.58. The molecule has 0 bridgehead atoms. The molecular formula is C14H16F4N2O2. The molecule has 122 valence electrons. The number of nitrogens with zero attached hydrogens (tertiary/aromatic N) is 1. The maximum Gasteiger partial charge on any atom is 0.573 e. The van der Waals surface area contributed by atoms with Crippen molar-refractivity contribution in [1.82, 2.24) is 4.90 Å². The van der Waals surface area contributed by atoms with E-state index in [0.29, 0.717) is 31.6 Å².